The molecule has 0 fully saturated rings. The molecule has 1 aromatic carbocycles. The highest BCUT2D eigenvalue weighted by molar-refractivity contribution is 5.69. The molecule has 1 aromatic rings. The van der Waals surface area contributed by atoms with Crippen LogP contribution in [-0.2, 0) is 4.79 Å². The third-order valence-electron chi connectivity index (χ3n) is 2.43. The Bertz CT molecular complexity index is 449. The number of alkyl halides is 3. The molecule has 0 heterocycles. The first kappa shape index (κ1) is 16.3. The molecule has 0 atom stereocenters. The van der Waals surface area contributed by atoms with Crippen LogP contribution >= 0.6 is 0 Å². The van der Waals surface area contributed by atoms with Crippen LogP contribution in [0.25, 0.3) is 0 Å². The lowest BCUT2D eigenvalue weighted by molar-refractivity contribution is -0.154. The van der Waals surface area contributed by atoms with Gasteiger partial charge >= 0.3 is 12.1 Å². The molecule has 0 saturated carbocycles. The third-order valence-corrected chi connectivity index (χ3v) is 2.43. The summed E-state index contributed by atoms with van der Waals surface area (Å²) in [4.78, 5) is 11.3. The SMILES string of the molecule is Cc1cccc(OCCN(CC(=O)O)CC(F)(F)F)c1. The largest absolute Gasteiger partial charge is 0.492 e. The van der Waals surface area contributed by atoms with Crippen molar-refractivity contribution in [1.82, 2.24) is 4.90 Å². The summed E-state index contributed by atoms with van der Waals surface area (Å²) in [6.07, 6.45) is -4.43. The van der Waals surface area contributed by atoms with E-state index in [0.717, 1.165) is 10.5 Å². The molecule has 0 saturated heterocycles. The molecule has 0 aromatic heterocycles. The van der Waals surface area contributed by atoms with Gasteiger partial charge in [-0.3, -0.25) is 9.69 Å². The molecule has 7 heteroatoms. The van der Waals surface area contributed by atoms with Crippen LogP contribution in [0.3, 0.4) is 0 Å². The summed E-state index contributed by atoms with van der Waals surface area (Å²) in [5.74, 6) is -0.753. The number of benzene rings is 1. The number of halogens is 3. The van der Waals surface area contributed by atoms with Gasteiger partial charge < -0.3 is 9.84 Å². The first-order valence-corrected chi connectivity index (χ1v) is 5.96. The van der Waals surface area contributed by atoms with Crippen LogP contribution in [0, 0.1) is 6.92 Å². The minimum absolute atomic E-state index is 0.00713. The van der Waals surface area contributed by atoms with Crippen molar-refractivity contribution in [3.05, 3.63) is 29.8 Å². The summed E-state index contributed by atoms with van der Waals surface area (Å²) in [7, 11) is 0. The highest BCUT2D eigenvalue weighted by Crippen LogP contribution is 2.16. The number of ether oxygens (including phenoxy) is 1. The second-order valence-corrected chi connectivity index (χ2v) is 4.38. The van der Waals surface area contributed by atoms with Crippen molar-refractivity contribution in [2.24, 2.45) is 0 Å². The summed E-state index contributed by atoms with van der Waals surface area (Å²) < 4.78 is 42.2. The monoisotopic (exact) mass is 291 g/mol. The Morgan fingerprint density at radius 3 is 2.65 bits per heavy atom. The van der Waals surface area contributed by atoms with Gasteiger partial charge in [-0.2, -0.15) is 13.2 Å². The molecule has 0 amide bonds. The van der Waals surface area contributed by atoms with E-state index in [2.05, 4.69) is 0 Å². The maximum Gasteiger partial charge on any atom is 0.401 e. The van der Waals surface area contributed by atoms with E-state index in [1.54, 1.807) is 18.2 Å². The number of aliphatic carboxylic acids is 1. The van der Waals surface area contributed by atoms with Gasteiger partial charge in [0.15, 0.2) is 0 Å². The van der Waals surface area contributed by atoms with E-state index in [-0.39, 0.29) is 13.2 Å². The van der Waals surface area contributed by atoms with Crippen LogP contribution in [0.5, 0.6) is 5.75 Å². The Balaban J connectivity index is 2.47. The Morgan fingerprint density at radius 1 is 1.40 bits per heavy atom. The van der Waals surface area contributed by atoms with Gasteiger partial charge in [0.2, 0.25) is 0 Å². The molecule has 4 nitrogen and oxygen atoms in total. The van der Waals surface area contributed by atoms with Gasteiger partial charge in [-0.25, -0.2) is 0 Å². The van der Waals surface area contributed by atoms with Crippen LogP contribution in [0.1, 0.15) is 5.56 Å². The maximum absolute atomic E-state index is 12.3. The molecule has 0 bridgehead atoms. The summed E-state index contributed by atoms with van der Waals surface area (Å²) in [6, 6.07) is 7.09. The Kier molecular flexibility index (Phi) is 5.82. The molecular formula is C13H16F3NO3. The van der Waals surface area contributed by atoms with Crippen molar-refractivity contribution in [3.63, 3.8) is 0 Å². The number of aryl methyl sites for hydroxylation is 1. The Hall–Kier alpha value is -1.76. The van der Waals surface area contributed by atoms with E-state index in [1.807, 2.05) is 13.0 Å². The molecule has 0 radical (unpaired) electrons. The normalized spacial score (nSPS) is 11.7. The second-order valence-electron chi connectivity index (χ2n) is 4.38. The van der Waals surface area contributed by atoms with Crippen molar-refractivity contribution in [3.8, 4) is 5.75 Å². The lowest BCUT2D eigenvalue weighted by atomic mass is 10.2. The molecule has 20 heavy (non-hydrogen) atoms. The molecule has 0 aliphatic carbocycles. The zero-order chi connectivity index (χ0) is 15.2. The first-order chi connectivity index (χ1) is 9.26. The van der Waals surface area contributed by atoms with Gasteiger partial charge in [-0.05, 0) is 24.6 Å². The fourth-order valence-electron chi connectivity index (χ4n) is 1.66. The quantitative estimate of drug-likeness (QED) is 0.837. The summed E-state index contributed by atoms with van der Waals surface area (Å²) in [5, 5.41) is 8.58. The number of carboxylic acid groups (broad SMARTS) is 1. The van der Waals surface area contributed by atoms with Gasteiger partial charge in [-0.15, -0.1) is 0 Å². The van der Waals surface area contributed by atoms with Crippen LogP contribution in [-0.4, -0.2) is 48.4 Å². The van der Waals surface area contributed by atoms with Crippen LogP contribution in [0.2, 0.25) is 0 Å². The van der Waals surface area contributed by atoms with E-state index >= 15 is 0 Å². The van der Waals surface area contributed by atoms with Gasteiger partial charge in [0.05, 0.1) is 13.1 Å². The lowest BCUT2D eigenvalue weighted by Crippen LogP contribution is -2.40. The highest BCUT2D eigenvalue weighted by atomic mass is 19.4. The van der Waals surface area contributed by atoms with Crippen molar-refractivity contribution < 1.29 is 27.8 Å². The number of nitrogens with zero attached hydrogens (tertiary/aromatic N) is 1. The fraction of sp³-hybridized carbons (Fsp3) is 0.462. The minimum atomic E-state index is -4.43. The first-order valence-electron chi connectivity index (χ1n) is 5.96. The summed E-state index contributed by atoms with van der Waals surface area (Å²) in [5.41, 5.74) is 0.972. The standard InChI is InChI=1S/C13H16F3NO3/c1-10-3-2-4-11(7-10)20-6-5-17(8-12(18)19)9-13(14,15)16/h2-4,7H,5-6,8-9H2,1H3,(H,18,19). The molecule has 0 aliphatic rings. The average Bonchev–Trinajstić information content (AvgIpc) is 2.25. The van der Waals surface area contributed by atoms with Crippen molar-refractivity contribution in [1.29, 1.82) is 0 Å². The number of hydrogen-bond acceptors (Lipinski definition) is 3. The molecule has 0 spiro atoms. The van der Waals surface area contributed by atoms with E-state index < -0.39 is 25.2 Å². The second kappa shape index (κ2) is 7.14. The molecule has 0 unspecified atom stereocenters. The van der Waals surface area contributed by atoms with Crippen molar-refractivity contribution in [2.75, 3.05) is 26.2 Å². The topological polar surface area (TPSA) is 49.8 Å². The average molecular weight is 291 g/mol. The molecule has 0 aliphatic heterocycles. The zero-order valence-corrected chi connectivity index (χ0v) is 11.0. The van der Waals surface area contributed by atoms with E-state index in [0.29, 0.717) is 5.75 Å². The predicted octanol–water partition coefficient (Wildman–Crippen LogP) is 2.32. The van der Waals surface area contributed by atoms with Gasteiger partial charge in [0, 0.05) is 6.54 Å². The number of rotatable bonds is 7. The number of hydrogen-bond donors (Lipinski definition) is 1. The van der Waals surface area contributed by atoms with Crippen LogP contribution < -0.4 is 4.74 Å². The van der Waals surface area contributed by atoms with Crippen molar-refractivity contribution >= 4 is 5.97 Å². The maximum atomic E-state index is 12.3. The van der Waals surface area contributed by atoms with Crippen LogP contribution in [0.15, 0.2) is 24.3 Å². The van der Waals surface area contributed by atoms with Gasteiger partial charge in [-0.1, -0.05) is 12.1 Å². The highest BCUT2D eigenvalue weighted by Gasteiger charge is 2.31. The Morgan fingerprint density at radius 2 is 2.10 bits per heavy atom. The summed E-state index contributed by atoms with van der Waals surface area (Å²) in [6.45, 7) is -0.188. The number of carbonyl (C=O) groups is 1. The molecule has 1 rings (SSSR count). The van der Waals surface area contributed by atoms with E-state index in [4.69, 9.17) is 9.84 Å². The Labute approximate surface area is 114 Å². The van der Waals surface area contributed by atoms with Crippen LogP contribution in [0.4, 0.5) is 13.2 Å². The minimum Gasteiger partial charge on any atom is -0.492 e. The third kappa shape index (κ3) is 6.98. The summed E-state index contributed by atoms with van der Waals surface area (Å²) >= 11 is 0. The van der Waals surface area contributed by atoms with Crippen molar-refractivity contribution in [2.45, 2.75) is 13.1 Å². The fourth-order valence-corrected chi connectivity index (χ4v) is 1.66. The van der Waals surface area contributed by atoms with E-state index in [1.165, 1.54) is 0 Å². The molecule has 1 N–H and O–H groups in total. The molecular weight excluding hydrogens is 275 g/mol. The number of carboxylic acids is 1. The molecule has 112 valence electrons. The predicted molar refractivity (Wildman–Crippen MR) is 66.8 cm³/mol. The zero-order valence-electron chi connectivity index (χ0n) is 11.0. The lowest BCUT2D eigenvalue weighted by Gasteiger charge is -2.21. The van der Waals surface area contributed by atoms with E-state index in [9.17, 15) is 18.0 Å². The van der Waals surface area contributed by atoms with Gasteiger partial charge in [0.25, 0.3) is 0 Å². The smallest absolute Gasteiger partial charge is 0.401 e. The van der Waals surface area contributed by atoms with Gasteiger partial charge in [0.1, 0.15) is 12.4 Å².